The molecule has 3 aliphatic rings. The van der Waals surface area contributed by atoms with E-state index in [0.717, 1.165) is 48.3 Å². The number of halogens is 2. The summed E-state index contributed by atoms with van der Waals surface area (Å²) in [5.41, 5.74) is 5.68. The first-order valence-electron chi connectivity index (χ1n) is 14.7. The molecule has 2 saturated heterocycles. The fourth-order valence-corrected chi connectivity index (χ4v) is 6.98. The SMILES string of the molecule is COc1nc(-c2cccc(-c3cccc(-c4cnc(C5=NCCN5)c(OC)n4)c3Cl)c2Cl)ccc1CN1CC2(CCC(=O)N2)C1. The van der Waals surface area contributed by atoms with Crippen LogP contribution in [0.1, 0.15) is 24.1 Å². The summed E-state index contributed by atoms with van der Waals surface area (Å²) in [6, 6.07) is 15.5. The van der Waals surface area contributed by atoms with Gasteiger partial charge in [0, 0.05) is 60.4 Å². The lowest BCUT2D eigenvalue weighted by Crippen LogP contribution is -2.66. The molecule has 2 aromatic heterocycles. The first-order chi connectivity index (χ1) is 21.9. The molecule has 0 aliphatic carbocycles. The zero-order chi connectivity index (χ0) is 31.1. The second kappa shape index (κ2) is 11.9. The first-order valence-corrected chi connectivity index (χ1v) is 15.5. The molecule has 3 aliphatic heterocycles. The number of likely N-dealkylation sites (tertiary alicyclic amines) is 1. The molecule has 230 valence electrons. The van der Waals surface area contributed by atoms with Gasteiger partial charge in [0.05, 0.1) is 53.9 Å². The molecule has 2 aromatic carbocycles. The van der Waals surface area contributed by atoms with Crippen LogP contribution in [0.2, 0.25) is 10.0 Å². The van der Waals surface area contributed by atoms with Gasteiger partial charge in [-0.15, -0.1) is 0 Å². The molecule has 1 amide bonds. The fourth-order valence-electron chi connectivity index (χ4n) is 6.33. The Morgan fingerprint density at radius 1 is 0.889 bits per heavy atom. The van der Waals surface area contributed by atoms with Gasteiger partial charge < -0.3 is 20.1 Å². The number of amidine groups is 1. The van der Waals surface area contributed by atoms with Crippen molar-refractivity contribution in [3.63, 3.8) is 0 Å². The number of pyridine rings is 1. The second-order valence-electron chi connectivity index (χ2n) is 11.4. The molecule has 1 spiro atoms. The summed E-state index contributed by atoms with van der Waals surface area (Å²) in [4.78, 5) is 32.6. The van der Waals surface area contributed by atoms with Crippen LogP contribution in [0.3, 0.4) is 0 Å². The number of nitrogens with one attached hydrogen (secondary N) is 2. The highest BCUT2D eigenvalue weighted by Crippen LogP contribution is 2.42. The van der Waals surface area contributed by atoms with E-state index in [2.05, 4.69) is 25.5 Å². The van der Waals surface area contributed by atoms with E-state index in [9.17, 15) is 4.79 Å². The highest BCUT2D eigenvalue weighted by Gasteiger charge is 2.47. The standard InChI is InChI=1S/C33H31Cl2N7O3/c1-44-31-19(16-42-17-33(18-42)12-11-26(43)41-33)9-10-24(39-31)22-7-3-5-20(27(22)34)21-6-4-8-23(28(21)35)25-15-38-29(32(40-25)45-2)30-36-13-14-37-30/h3-10,15H,11-14,16-18H2,1-2H3,(H,36,37)(H,41,43). The number of carbonyl (C=O) groups excluding carboxylic acids is 1. The summed E-state index contributed by atoms with van der Waals surface area (Å²) in [6.07, 6.45) is 3.16. The molecule has 0 bridgehead atoms. The molecule has 5 heterocycles. The Bertz CT molecular complexity index is 1840. The molecule has 4 aromatic rings. The minimum Gasteiger partial charge on any atom is -0.481 e. The molecule has 2 N–H and O–H groups in total. The van der Waals surface area contributed by atoms with Crippen LogP contribution in [0, 0.1) is 0 Å². The quantitative estimate of drug-likeness (QED) is 0.275. The highest BCUT2D eigenvalue weighted by atomic mass is 35.5. The van der Waals surface area contributed by atoms with E-state index in [1.807, 2.05) is 48.5 Å². The largest absolute Gasteiger partial charge is 0.481 e. The van der Waals surface area contributed by atoms with Crippen molar-refractivity contribution >= 4 is 34.9 Å². The van der Waals surface area contributed by atoms with Crippen LogP contribution < -0.4 is 20.1 Å². The van der Waals surface area contributed by atoms with Gasteiger partial charge in [0.2, 0.25) is 17.7 Å². The van der Waals surface area contributed by atoms with Crippen molar-refractivity contribution in [2.24, 2.45) is 4.99 Å². The maximum absolute atomic E-state index is 11.7. The molecular weight excluding hydrogens is 613 g/mol. The van der Waals surface area contributed by atoms with Crippen molar-refractivity contribution in [3.8, 4) is 45.4 Å². The van der Waals surface area contributed by atoms with Crippen LogP contribution in [-0.4, -0.2) is 77.5 Å². The average Bonchev–Trinajstić information content (AvgIpc) is 3.72. The van der Waals surface area contributed by atoms with Crippen LogP contribution in [0.4, 0.5) is 0 Å². The molecule has 12 heteroatoms. The molecule has 7 rings (SSSR count). The van der Waals surface area contributed by atoms with E-state index in [4.69, 9.17) is 42.6 Å². The molecular formula is C33H31Cl2N7O3. The zero-order valence-corrected chi connectivity index (χ0v) is 26.4. The first kappa shape index (κ1) is 29.5. The van der Waals surface area contributed by atoms with Crippen molar-refractivity contribution in [1.82, 2.24) is 30.5 Å². The molecule has 0 unspecified atom stereocenters. The van der Waals surface area contributed by atoms with Crippen LogP contribution in [0.25, 0.3) is 33.6 Å². The van der Waals surface area contributed by atoms with Gasteiger partial charge in [0.1, 0.15) is 0 Å². The smallest absolute Gasteiger partial charge is 0.244 e. The maximum Gasteiger partial charge on any atom is 0.244 e. The summed E-state index contributed by atoms with van der Waals surface area (Å²) in [7, 11) is 3.18. The van der Waals surface area contributed by atoms with Gasteiger partial charge >= 0.3 is 0 Å². The Kier molecular flexibility index (Phi) is 7.81. The lowest BCUT2D eigenvalue weighted by molar-refractivity contribution is -0.120. The van der Waals surface area contributed by atoms with Crippen molar-refractivity contribution in [3.05, 3.63) is 76.0 Å². The van der Waals surface area contributed by atoms with Crippen molar-refractivity contribution in [2.45, 2.75) is 24.9 Å². The third-order valence-corrected chi connectivity index (χ3v) is 9.30. The number of benzene rings is 2. The van der Waals surface area contributed by atoms with Gasteiger partial charge in [-0.05, 0) is 12.5 Å². The van der Waals surface area contributed by atoms with Crippen molar-refractivity contribution in [1.29, 1.82) is 0 Å². The topological polar surface area (TPSA) is 114 Å². The van der Waals surface area contributed by atoms with Crippen LogP contribution in [-0.2, 0) is 11.3 Å². The highest BCUT2D eigenvalue weighted by molar-refractivity contribution is 6.39. The number of rotatable bonds is 8. The molecule has 0 atom stereocenters. The predicted octanol–water partition coefficient (Wildman–Crippen LogP) is 5.01. The number of methoxy groups -OCH3 is 2. The molecule has 0 saturated carbocycles. The number of aliphatic imine (C=N–C) groups is 1. The van der Waals surface area contributed by atoms with Crippen LogP contribution in [0.5, 0.6) is 11.8 Å². The third-order valence-electron chi connectivity index (χ3n) is 8.49. The van der Waals surface area contributed by atoms with E-state index < -0.39 is 0 Å². The van der Waals surface area contributed by atoms with E-state index in [1.165, 1.54) is 0 Å². The fraction of sp³-hybridized carbons (Fsp3) is 0.303. The molecule has 45 heavy (non-hydrogen) atoms. The summed E-state index contributed by atoms with van der Waals surface area (Å²) in [6.45, 7) is 3.77. The number of ether oxygens (including phenoxy) is 2. The van der Waals surface area contributed by atoms with E-state index in [0.29, 0.717) is 69.8 Å². The lowest BCUT2D eigenvalue weighted by atomic mass is 9.88. The summed E-state index contributed by atoms with van der Waals surface area (Å²) in [5.74, 6) is 1.71. The van der Waals surface area contributed by atoms with Gasteiger partial charge in [0.25, 0.3) is 0 Å². The number of nitrogens with zero attached hydrogens (tertiary/aromatic N) is 5. The summed E-state index contributed by atoms with van der Waals surface area (Å²) >= 11 is 14.1. The minimum absolute atomic E-state index is 0.0748. The molecule has 0 radical (unpaired) electrons. The van der Waals surface area contributed by atoms with Gasteiger partial charge in [-0.25, -0.2) is 15.0 Å². The van der Waals surface area contributed by atoms with Crippen molar-refractivity contribution in [2.75, 3.05) is 40.4 Å². The average molecular weight is 645 g/mol. The van der Waals surface area contributed by atoms with Gasteiger partial charge in [-0.3, -0.25) is 14.7 Å². The second-order valence-corrected chi connectivity index (χ2v) is 12.2. The Labute approximate surface area is 270 Å². The Hall–Kier alpha value is -4.25. The minimum atomic E-state index is -0.0748. The Morgan fingerprint density at radius 2 is 1.56 bits per heavy atom. The number of hydrogen-bond acceptors (Lipinski definition) is 9. The van der Waals surface area contributed by atoms with Crippen molar-refractivity contribution < 1.29 is 14.3 Å². The summed E-state index contributed by atoms with van der Waals surface area (Å²) < 4.78 is 11.3. The van der Waals surface area contributed by atoms with E-state index in [-0.39, 0.29) is 11.4 Å². The van der Waals surface area contributed by atoms with Crippen LogP contribution in [0.15, 0.2) is 59.7 Å². The number of aromatic nitrogens is 3. The number of carbonyl (C=O) groups is 1. The van der Waals surface area contributed by atoms with Gasteiger partial charge in [0.15, 0.2) is 11.5 Å². The Balaban J connectivity index is 1.16. The lowest BCUT2D eigenvalue weighted by Gasteiger charge is -2.48. The molecule has 10 nitrogen and oxygen atoms in total. The van der Waals surface area contributed by atoms with Gasteiger partial charge in [-0.2, -0.15) is 0 Å². The van der Waals surface area contributed by atoms with E-state index in [1.54, 1.807) is 20.4 Å². The maximum atomic E-state index is 11.7. The Morgan fingerprint density at radius 3 is 2.18 bits per heavy atom. The summed E-state index contributed by atoms with van der Waals surface area (Å²) in [5, 5.41) is 7.35. The monoisotopic (exact) mass is 643 g/mol. The normalized spacial score (nSPS) is 17.1. The predicted molar refractivity (Wildman–Crippen MR) is 174 cm³/mol. The third kappa shape index (κ3) is 5.47. The van der Waals surface area contributed by atoms with Crippen LogP contribution >= 0.6 is 23.2 Å². The molecule has 2 fully saturated rings. The number of amides is 1. The zero-order valence-electron chi connectivity index (χ0n) is 24.9. The van der Waals surface area contributed by atoms with Gasteiger partial charge in [-0.1, -0.05) is 65.7 Å². The number of hydrogen-bond donors (Lipinski definition) is 2. The van der Waals surface area contributed by atoms with E-state index >= 15 is 0 Å².